The quantitative estimate of drug-likeness (QED) is 0.492. The third-order valence-electron chi connectivity index (χ3n) is 3.43. The topological polar surface area (TPSA) is 156 Å². The minimum atomic E-state index is -4.57. The Kier molecular flexibility index (Phi) is 4.83. The Morgan fingerprint density at radius 2 is 1.56 bits per heavy atom. The van der Waals surface area contributed by atoms with Crippen LogP contribution in [0.15, 0.2) is 45.5 Å². The number of hydrogen-bond acceptors (Lipinski definition) is 10. The second-order valence-electron chi connectivity index (χ2n) is 5.07. The zero-order valence-corrected chi connectivity index (χ0v) is 14.9. The van der Waals surface area contributed by atoms with Crippen LogP contribution in [0.2, 0.25) is 0 Å². The normalized spacial score (nSPS) is 11.8. The van der Waals surface area contributed by atoms with E-state index in [9.17, 15) is 18.1 Å². The van der Waals surface area contributed by atoms with E-state index in [1.54, 1.807) is 12.1 Å². The summed E-state index contributed by atoms with van der Waals surface area (Å²) in [5.41, 5.74) is -0.209. The molecular formula is C15H13N5O6S. The number of methoxy groups -OCH3 is 2. The van der Waals surface area contributed by atoms with Crippen molar-refractivity contribution in [1.29, 1.82) is 0 Å². The molecule has 0 fully saturated rings. The zero-order chi connectivity index (χ0) is 19.6. The molecule has 0 bridgehead atoms. The predicted molar refractivity (Wildman–Crippen MR) is 92.5 cm³/mol. The largest absolute Gasteiger partial charge is 0.505 e. The maximum Gasteiger partial charge on any atom is 0.324 e. The average Bonchev–Trinajstić information content (AvgIpc) is 2.66. The highest BCUT2D eigenvalue weighted by atomic mass is 32.2. The third kappa shape index (κ3) is 3.75. The van der Waals surface area contributed by atoms with Gasteiger partial charge in [0.1, 0.15) is 10.6 Å². The van der Waals surface area contributed by atoms with Crippen molar-refractivity contribution >= 4 is 32.5 Å². The first-order chi connectivity index (χ1) is 12.8. The molecule has 0 aliphatic heterocycles. The fraction of sp³-hybridized carbons (Fsp3) is 0.133. The summed E-state index contributed by atoms with van der Waals surface area (Å²) in [7, 11) is -1.89. The number of phenols is 1. The van der Waals surface area contributed by atoms with Gasteiger partial charge in [-0.2, -0.15) is 18.4 Å². The summed E-state index contributed by atoms with van der Waals surface area (Å²) < 4.78 is 42.6. The molecule has 0 radical (unpaired) electrons. The van der Waals surface area contributed by atoms with Crippen molar-refractivity contribution in [3.63, 3.8) is 0 Å². The van der Waals surface area contributed by atoms with Crippen molar-refractivity contribution in [3.8, 4) is 17.8 Å². The molecule has 0 saturated carbocycles. The zero-order valence-electron chi connectivity index (χ0n) is 14.1. The Morgan fingerprint density at radius 3 is 2.11 bits per heavy atom. The highest BCUT2D eigenvalue weighted by Gasteiger charge is 2.19. The van der Waals surface area contributed by atoms with Gasteiger partial charge < -0.3 is 14.6 Å². The van der Waals surface area contributed by atoms with Gasteiger partial charge in [-0.1, -0.05) is 24.3 Å². The van der Waals surface area contributed by atoms with Crippen molar-refractivity contribution in [2.45, 2.75) is 4.90 Å². The molecule has 0 unspecified atom stereocenters. The molecule has 0 aliphatic rings. The summed E-state index contributed by atoms with van der Waals surface area (Å²) >= 11 is 0. The molecule has 1 heterocycles. The van der Waals surface area contributed by atoms with Crippen LogP contribution >= 0.6 is 0 Å². The summed E-state index contributed by atoms with van der Waals surface area (Å²) in [6.07, 6.45) is 0. The Morgan fingerprint density at radius 1 is 0.963 bits per heavy atom. The van der Waals surface area contributed by atoms with Crippen molar-refractivity contribution in [2.75, 3.05) is 14.2 Å². The van der Waals surface area contributed by atoms with E-state index >= 15 is 0 Å². The molecule has 3 aromatic rings. The van der Waals surface area contributed by atoms with Gasteiger partial charge in [-0.05, 0) is 6.07 Å². The number of azo groups is 1. The fourth-order valence-electron chi connectivity index (χ4n) is 2.26. The van der Waals surface area contributed by atoms with Gasteiger partial charge in [0.25, 0.3) is 16.1 Å². The molecule has 3 rings (SSSR count). The van der Waals surface area contributed by atoms with Crippen LogP contribution in [0.25, 0.3) is 10.8 Å². The monoisotopic (exact) mass is 391 g/mol. The van der Waals surface area contributed by atoms with E-state index in [1.165, 1.54) is 26.4 Å². The molecule has 0 amide bonds. The average molecular weight is 391 g/mol. The molecule has 12 heteroatoms. The van der Waals surface area contributed by atoms with Gasteiger partial charge in [0.05, 0.1) is 14.2 Å². The van der Waals surface area contributed by atoms with Crippen molar-refractivity contribution in [1.82, 2.24) is 15.0 Å². The Hall–Kier alpha value is -3.38. The molecular weight excluding hydrogens is 378 g/mol. The summed E-state index contributed by atoms with van der Waals surface area (Å²) in [6, 6.07) is 6.94. The van der Waals surface area contributed by atoms with Gasteiger partial charge >= 0.3 is 12.0 Å². The molecule has 27 heavy (non-hydrogen) atoms. The minimum Gasteiger partial charge on any atom is -0.505 e. The van der Waals surface area contributed by atoms with Crippen molar-refractivity contribution < 1.29 is 27.6 Å². The van der Waals surface area contributed by atoms with E-state index in [0.717, 1.165) is 6.07 Å². The van der Waals surface area contributed by atoms with E-state index in [1.807, 2.05) is 0 Å². The lowest BCUT2D eigenvalue weighted by Gasteiger charge is -2.08. The molecule has 0 atom stereocenters. The molecule has 0 saturated heterocycles. The van der Waals surface area contributed by atoms with E-state index in [2.05, 4.69) is 25.2 Å². The van der Waals surface area contributed by atoms with E-state index in [-0.39, 0.29) is 40.2 Å². The highest BCUT2D eigenvalue weighted by Crippen LogP contribution is 2.39. The highest BCUT2D eigenvalue weighted by molar-refractivity contribution is 7.86. The standard InChI is InChI=1S/C15H13N5O6S/c1-25-14-16-13(17-15(18-14)26-2)20-19-10-7-11(27(22,23)24)8-5-3-4-6-9(8)12(10)21/h3-7,21H,1-2H3,(H,22,23,24)/b20-19+. The lowest BCUT2D eigenvalue weighted by molar-refractivity contribution is 0.340. The number of aromatic hydroxyl groups is 1. The van der Waals surface area contributed by atoms with Crippen LogP contribution in [0.3, 0.4) is 0 Å². The van der Waals surface area contributed by atoms with Gasteiger partial charge in [0.2, 0.25) is 0 Å². The maximum absolute atomic E-state index is 11.7. The molecule has 11 nitrogen and oxygen atoms in total. The number of phenolic OH excluding ortho intramolecular Hbond substituents is 1. The van der Waals surface area contributed by atoms with Crippen LogP contribution in [-0.4, -0.2) is 47.2 Å². The van der Waals surface area contributed by atoms with Crippen LogP contribution in [0.1, 0.15) is 0 Å². The third-order valence-corrected chi connectivity index (χ3v) is 4.32. The number of fused-ring (bicyclic) bond motifs is 1. The first-order valence-electron chi connectivity index (χ1n) is 7.31. The number of hydrogen-bond donors (Lipinski definition) is 2. The Balaban J connectivity index is 2.15. The summed E-state index contributed by atoms with van der Waals surface area (Å²) in [5, 5.41) is 18.2. The van der Waals surface area contributed by atoms with E-state index < -0.39 is 15.0 Å². The number of benzene rings is 2. The number of ether oxygens (including phenoxy) is 2. The smallest absolute Gasteiger partial charge is 0.324 e. The molecule has 2 N–H and O–H groups in total. The Bertz CT molecular complexity index is 1130. The minimum absolute atomic E-state index is 0.0721. The van der Waals surface area contributed by atoms with Crippen LogP contribution in [0.4, 0.5) is 11.6 Å². The first kappa shape index (κ1) is 18.4. The van der Waals surface area contributed by atoms with E-state index in [4.69, 9.17) is 9.47 Å². The van der Waals surface area contributed by atoms with Crippen LogP contribution in [0, 0.1) is 0 Å². The molecule has 1 aromatic heterocycles. The van der Waals surface area contributed by atoms with Gasteiger partial charge in [0, 0.05) is 10.8 Å². The van der Waals surface area contributed by atoms with Crippen molar-refractivity contribution in [3.05, 3.63) is 30.3 Å². The van der Waals surface area contributed by atoms with E-state index in [0.29, 0.717) is 0 Å². The molecule has 0 spiro atoms. The second-order valence-corrected chi connectivity index (χ2v) is 6.46. The first-order valence-corrected chi connectivity index (χ1v) is 8.75. The number of nitrogens with zero attached hydrogens (tertiary/aromatic N) is 5. The number of aromatic nitrogens is 3. The fourth-order valence-corrected chi connectivity index (χ4v) is 2.97. The lowest BCUT2D eigenvalue weighted by atomic mass is 10.1. The van der Waals surface area contributed by atoms with Gasteiger partial charge in [0.15, 0.2) is 5.75 Å². The summed E-state index contributed by atoms with van der Waals surface area (Å²) in [5.74, 6) is -0.519. The molecule has 0 aliphatic carbocycles. The van der Waals surface area contributed by atoms with Crippen LogP contribution < -0.4 is 9.47 Å². The second kappa shape index (κ2) is 7.09. The van der Waals surface area contributed by atoms with Crippen LogP contribution in [-0.2, 0) is 10.1 Å². The maximum atomic E-state index is 11.7. The van der Waals surface area contributed by atoms with Gasteiger partial charge in [-0.3, -0.25) is 4.55 Å². The molecule has 140 valence electrons. The predicted octanol–water partition coefficient (Wildman–Crippen LogP) is 2.41. The van der Waals surface area contributed by atoms with Gasteiger partial charge in [-0.15, -0.1) is 15.2 Å². The molecule has 2 aromatic carbocycles. The van der Waals surface area contributed by atoms with Crippen molar-refractivity contribution in [2.24, 2.45) is 10.2 Å². The summed E-state index contributed by atoms with van der Waals surface area (Å²) in [4.78, 5) is 11.1. The number of rotatable bonds is 5. The van der Waals surface area contributed by atoms with Gasteiger partial charge in [-0.25, -0.2) is 0 Å². The SMILES string of the molecule is COc1nc(/N=N/c2cc(S(=O)(=O)O)c3ccccc3c2O)nc(OC)n1. The Labute approximate surface area is 153 Å². The van der Waals surface area contributed by atoms with Crippen LogP contribution in [0.5, 0.6) is 17.8 Å². The lowest BCUT2D eigenvalue weighted by Crippen LogP contribution is -1.99. The summed E-state index contributed by atoms with van der Waals surface area (Å²) in [6.45, 7) is 0.